The first-order valence-electron chi connectivity index (χ1n) is 9.09. The molecule has 1 aliphatic heterocycles. The Bertz CT molecular complexity index is 711. The molecule has 0 radical (unpaired) electrons. The van der Waals surface area contributed by atoms with Crippen molar-refractivity contribution in [2.75, 3.05) is 36.0 Å². The second-order valence-corrected chi connectivity index (χ2v) is 8.72. The molecule has 3 rings (SSSR count). The number of halogens is 1. The topological polar surface area (TPSA) is 52.6 Å². The maximum atomic E-state index is 4.70. The van der Waals surface area contributed by atoms with Crippen molar-refractivity contribution in [1.82, 2.24) is 15.6 Å². The number of aryl methyl sites for hydroxylation is 1. The number of guanidine groups is 1. The Labute approximate surface area is 187 Å². The van der Waals surface area contributed by atoms with Crippen LogP contribution in [0.1, 0.15) is 22.4 Å². The van der Waals surface area contributed by atoms with Crippen molar-refractivity contribution < 1.29 is 0 Å². The van der Waals surface area contributed by atoms with Crippen LogP contribution in [0.3, 0.4) is 0 Å². The van der Waals surface area contributed by atoms with Crippen molar-refractivity contribution in [2.24, 2.45) is 4.99 Å². The Balaban J connectivity index is 0.00000261. The molecule has 27 heavy (non-hydrogen) atoms. The molecule has 1 aromatic carbocycles. The molecule has 1 saturated heterocycles. The molecule has 0 atom stereocenters. The van der Waals surface area contributed by atoms with Gasteiger partial charge in [-0.05, 0) is 31.5 Å². The highest BCUT2D eigenvalue weighted by Crippen LogP contribution is 2.20. The molecule has 8 heteroatoms. The maximum absolute atomic E-state index is 4.70. The summed E-state index contributed by atoms with van der Waals surface area (Å²) in [5, 5.41) is 7.74. The first kappa shape index (κ1) is 22.3. The van der Waals surface area contributed by atoms with Crippen LogP contribution in [0.2, 0.25) is 0 Å². The van der Waals surface area contributed by atoms with Crippen LogP contribution >= 0.6 is 47.1 Å². The van der Waals surface area contributed by atoms with Crippen LogP contribution in [0.15, 0.2) is 35.5 Å². The number of anilines is 1. The fourth-order valence-corrected chi connectivity index (χ4v) is 4.42. The van der Waals surface area contributed by atoms with Gasteiger partial charge >= 0.3 is 0 Å². The molecule has 1 aliphatic rings. The van der Waals surface area contributed by atoms with Gasteiger partial charge in [0.15, 0.2) is 5.96 Å². The molecular weight excluding hydrogens is 489 g/mol. The average Bonchev–Trinajstić information content (AvgIpc) is 3.10. The van der Waals surface area contributed by atoms with Crippen molar-refractivity contribution in [3.8, 4) is 0 Å². The first-order valence-corrected chi connectivity index (χ1v) is 11.1. The number of aliphatic imine (C=N–C) groups is 1. The molecule has 0 amide bonds. The van der Waals surface area contributed by atoms with Crippen molar-refractivity contribution in [2.45, 2.75) is 26.9 Å². The molecule has 148 valence electrons. The van der Waals surface area contributed by atoms with Crippen LogP contribution in [0, 0.1) is 6.92 Å². The van der Waals surface area contributed by atoms with Gasteiger partial charge in [-0.3, -0.25) is 0 Å². The molecule has 1 aromatic heterocycles. The zero-order chi connectivity index (χ0) is 18.2. The minimum Gasteiger partial charge on any atom is -0.370 e. The standard InChI is InChI=1S/C19H27N5S2.HI/c1-3-20-19(23-14-18-21-12-15(2)26-18)22-13-16-4-6-17(7-5-16)24-8-10-25-11-9-24;/h4-7,12H,3,8-11,13-14H2,1-2H3,(H2,20,22,23);1H. The number of nitrogens with zero attached hydrogens (tertiary/aromatic N) is 3. The maximum Gasteiger partial charge on any atom is 0.191 e. The van der Waals surface area contributed by atoms with Crippen molar-refractivity contribution >= 4 is 58.7 Å². The van der Waals surface area contributed by atoms with Gasteiger partial charge in [-0.15, -0.1) is 35.3 Å². The predicted octanol–water partition coefficient (Wildman–Crippen LogP) is 3.88. The van der Waals surface area contributed by atoms with E-state index in [0.29, 0.717) is 13.1 Å². The van der Waals surface area contributed by atoms with Gasteiger partial charge in [0.1, 0.15) is 5.01 Å². The minimum atomic E-state index is 0. The van der Waals surface area contributed by atoms with Gasteiger partial charge in [-0.25, -0.2) is 9.98 Å². The van der Waals surface area contributed by atoms with E-state index in [9.17, 15) is 0 Å². The summed E-state index contributed by atoms with van der Waals surface area (Å²) in [5.41, 5.74) is 2.55. The second-order valence-electron chi connectivity index (χ2n) is 6.18. The van der Waals surface area contributed by atoms with E-state index >= 15 is 0 Å². The zero-order valence-electron chi connectivity index (χ0n) is 15.9. The van der Waals surface area contributed by atoms with E-state index in [1.165, 1.54) is 27.6 Å². The van der Waals surface area contributed by atoms with Gasteiger partial charge < -0.3 is 15.5 Å². The van der Waals surface area contributed by atoms with Gasteiger partial charge in [0.05, 0.1) is 13.1 Å². The summed E-state index contributed by atoms with van der Waals surface area (Å²) in [6.07, 6.45) is 1.91. The van der Waals surface area contributed by atoms with Crippen LogP contribution < -0.4 is 15.5 Å². The van der Waals surface area contributed by atoms with Gasteiger partial charge in [0, 0.05) is 47.9 Å². The smallest absolute Gasteiger partial charge is 0.191 e. The van der Waals surface area contributed by atoms with Gasteiger partial charge in [-0.1, -0.05) is 12.1 Å². The number of thioether (sulfide) groups is 1. The van der Waals surface area contributed by atoms with Crippen LogP contribution in [0.25, 0.3) is 0 Å². The number of aromatic nitrogens is 1. The highest BCUT2D eigenvalue weighted by molar-refractivity contribution is 14.0. The Morgan fingerprint density at radius 3 is 2.56 bits per heavy atom. The Kier molecular flexibility index (Phi) is 9.70. The average molecular weight is 518 g/mol. The number of benzene rings is 1. The molecule has 0 saturated carbocycles. The normalized spacial score (nSPS) is 14.6. The predicted molar refractivity (Wildman–Crippen MR) is 130 cm³/mol. The Hall–Kier alpha value is -1.00. The zero-order valence-corrected chi connectivity index (χ0v) is 19.9. The molecular formula is C19H28IN5S2. The minimum absolute atomic E-state index is 0. The molecule has 0 spiro atoms. The number of rotatable bonds is 6. The van der Waals surface area contributed by atoms with E-state index < -0.39 is 0 Å². The van der Waals surface area contributed by atoms with Crippen LogP contribution in [-0.2, 0) is 13.1 Å². The van der Waals surface area contributed by atoms with Crippen LogP contribution in [0.5, 0.6) is 0 Å². The van der Waals surface area contributed by atoms with E-state index in [0.717, 1.165) is 30.6 Å². The van der Waals surface area contributed by atoms with Crippen molar-refractivity contribution in [3.05, 3.63) is 45.9 Å². The number of thiazole rings is 1. The molecule has 2 heterocycles. The summed E-state index contributed by atoms with van der Waals surface area (Å²) in [5.74, 6) is 3.28. The quantitative estimate of drug-likeness (QED) is 0.346. The van der Waals surface area contributed by atoms with Gasteiger partial charge in [-0.2, -0.15) is 11.8 Å². The van der Waals surface area contributed by atoms with Gasteiger partial charge in [0.2, 0.25) is 0 Å². The Morgan fingerprint density at radius 2 is 1.93 bits per heavy atom. The monoisotopic (exact) mass is 517 g/mol. The summed E-state index contributed by atoms with van der Waals surface area (Å²) in [6, 6.07) is 8.82. The molecule has 2 aromatic rings. The van der Waals surface area contributed by atoms with Crippen LogP contribution in [0.4, 0.5) is 5.69 Å². The first-order chi connectivity index (χ1) is 12.7. The van der Waals surface area contributed by atoms with E-state index in [1.807, 2.05) is 18.0 Å². The highest BCUT2D eigenvalue weighted by atomic mass is 127. The fourth-order valence-electron chi connectivity index (χ4n) is 2.79. The van der Waals surface area contributed by atoms with E-state index in [-0.39, 0.29) is 24.0 Å². The largest absolute Gasteiger partial charge is 0.370 e. The molecule has 0 unspecified atom stereocenters. The molecule has 5 nitrogen and oxygen atoms in total. The van der Waals surface area contributed by atoms with Crippen molar-refractivity contribution in [3.63, 3.8) is 0 Å². The third kappa shape index (κ3) is 7.15. The summed E-state index contributed by atoms with van der Waals surface area (Å²) < 4.78 is 0. The summed E-state index contributed by atoms with van der Waals surface area (Å²) in [7, 11) is 0. The van der Waals surface area contributed by atoms with Crippen LogP contribution in [-0.4, -0.2) is 42.1 Å². The third-order valence-electron chi connectivity index (χ3n) is 4.15. The summed E-state index contributed by atoms with van der Waals surface area (Å²) in [6.45, 7) is 8.66. The van der Waals surface area contributed by atoms with E-state index in [1.54, 1.807) is 11.3 Å². The lowest BCUT2D eigenvalue weighted by molar-refractivity contribution is 0.811. The molecule has 2 N–H and O–H groups in total. The molecule has 0 bridgehead atoms. The molecule has 1 fully saturated rings. The highest BCUT2D eigenvalue weighted by Gasteiger charge is 2.10. The molecule has 0 aliphatic carbocycles. The van der Waals surface area contributed by atoms with E-state index in [4.69, 9.17) is 4.99 Å². The number of hydrogen-bond acceptors (Lipinski definition) is 5. The third-order valence-corrected chi connectivity index (χ3v) is 6.01. The van der Waals surface area contributed by atoms with E-state index in [2.05, 4.69) is 58.6 Å². The summed E-state index contributed by atoms with van der Waals surface area (Å²) >= 11 is 3.75. The second kappa shape index (κ2) is 11.8. The lowest BCUT2D eigenvalue weighted by atomic mass is 10.2. The lowest BCUT2D eigenvalue weighted by Crippen LogP contribution is -2.36. The lowest BCUT2D eigenvalue weighted by Gasteiger charge is -2.28. The summed E-state index contributed by atoms with van der Waals surface area (Å²) in [4.78, 5) is 12.8. The van der Waals surface area contributed by atoms with Gasteiger partial charge in [0.25, 0.3) is 0 Å². The van der Waals surface area contributed by atoms with Crippen molar-refractivity contribution in [1.29, 1.82) is 0 Å². The number of hydrogen-bond donors (Lipinski definition) is 2. The Morgan fingerprint density at radius 1 is 1.19 bits per heavy atom. The fraction of sp³-hybridized carbons (Fsp3) is 0.474. The number of nitrogens with one attached hydrogen (secondary N) is 2. The SMILES string of the molecule is CCNC(=NCc1ccc(N2CCSCC2)cc1)NCc1ncc(C)s1.I.